The second-order valence-corrected chi connectivity index (χ2v) is 7.03. The van der Waals surface area contributed by atoms with Gasteiger partial charge in [-0.15, -0.1) is 11.8 Å². The quantitative estimate of drug-likeness (QED) is 0.343. The fourth-order valence-corrected chi connectivity index (χ4v) is 3.54. The Labute approximate surface area is 161 Å². The van der Waals surface area contributed by atoms with Crippen molar-refractivity contribution in [2.75, 3.05) is 13.3 Å². The number of carbonyl (C=O) groups is 1. The van der Waals surface area contributed by atoms with Gasteiger partial charge in [-0.1, -0.05) is 25.1 Å². The van der Waals surface area contributed by atoms with Crippen molar-refractivity contribution in [1.29, 1.82) is 0 Å². The first-order valence-corrected chi connectivity index (χ1v) is 9.75. The average Bonchev–Trinajstić information content (AvgIpc) is 3.04. The third-order valence-corrected chi connectivity index (χ3v) is 5.20. The van der Waals surface area contributed by atoms with E-state index in [1.807, 2.05) is 37.4 Å². The summed E-state index contributed by atoms with van der Waals surface area (Å²) in [7, 11) is 1.65. The van der Waals surface area contributed by atoms with Gasteiger partial charge >= 0.3 is 0 Å². The maximum Gasteiger partial charge on any atom is 0.282 e. The van der Waals surface area contributed by atoms with Gasteiger partial charge in [0.05, 0.1) is 4.92 Å². The molecule has 1 aromatic heterocycles. The molecule has 0 aliphatic carbocycles. The van der Waals surface area contributed by atoms with Crippen LogP contribution >= 0.6 is 11.8 Å². The number of fused-ring (bicyclic) bond motifs is 1. The monoisotopic (exact) mass is 384 g/mol. The highest BCUT2D eigenvalue weighted by atomic mass is 32.2. The van der Waals surface area contributed by atoms with Crippen LogP contribution < -0.4 is 0 Å². The Balaban J connectivity index is 1.97. The van der Waals surface area contributed by atoms with Crippen LogP contribution in [0.25, 0.3) is 11.0 Å². The summed E-state index contributed by atoms with van der Waals surface area (Å²) >= 11 is 1.44. The summed E-state index contributed by atoms with van der Waals surface area (Å²) in [4.78, 5) is 26.1. The largest absolute Gasteiger partial charge is 0.461 e. The SMILES string of the molecule is CCc1oc2ccccc2c1CN(C)C(=O)c1cc(SC)ccc1[N+](=O)[O-]. The number of rotatable bonds is 6. The van der Waals surface area contributed by atoms with Gasteiger partial charge in [-0.3, -0.25) is 14.9 Å². The summed E-state index contributed by atoms with van der Waals surface area (Å²) in [5.74, 6) is 0.438. The normalized spacial score (nSPS) is 10.9. The van der Waals surface area contributed by atoms with E-state index in [0.29, 0.717) is 13.0 Å². The lowest BCUT2D eigenvalue weighted by atomic mass is 10.1. The van der Waals surface area contributed by atoms with Gasteiger partial charge in [-0.05, 0) is 24.5 Å². The van der Waals surface area contributed by atoms with E-state index in [1.165, 1.54) is 22.7 Å². The molecule has 0 aliphatic heterocycles. The average molecular weight is 384 g/mol. The molecule has 3 rings (SSSR count). The van der Waals surface area contributed by atoms with Gasteiger partial charge in [0.1, 0.15) is 16.9 Å². The first-order chi connectivity index (χ1) is 13.0. The smallest absolute Gasteiger partial charge is 0.282 e. The van der Waals surface area contributed by atoms with Crippen LogP contribution in [0.1, 0.15) is 28.6 Å². The number of aryl methyl sites for hydroxylation is 1. The van der Waals surface area contributed by atoms with Gasteiger partial charge in [-0.25, -0.2) is 0 Å². The molecule has 0 aliphatic rings. The molecule has 7 heteroatoms. The Morgan fingerprint density at radius 2 is 2.00 bits per heavy atom. The van der Waals surface area contributed by atoms with Crippen molar-refractivity contribution in [3.8, 4) is 0 Å². The van der Waals surface area contributed by atoms with E-state index in [2.05, 4.69) is 0 Å². The van der Waals surface area contributed by atoms with Gasteiger partial charge in [0.25, 0.3) is 11.6 Å². The molecule has 0 atom stereocenters. The number of thioether (sulfide) groups is 1. The molecule has 6 nitrogen and oxygen atoms in total. The minimum Gasteiger partial charge on any atom is -0.461 e. The highest BCUT2D eigenvalue weighted by Crippen LogP contribution is 2.29. The van der Waals surface area contributed by atoms with Crippen molar-refractivity contribution in [3.63, 3.8) is 0 Å². The number of amides is 1. The van der Waals surface area contributed by atoms with E-state index >= 15 is 0 Å². The molecule has 0 radical (unpaired) electrons. The highest BCUT2D eigenvalue weighted by molar-refractivity contribution is 7.98. The van der Waals surface area contributed by atoms with E-state index < -0.39 is 4.92 Å². The Hall–Kier alpha value is -2.80. The predicted molar refractivity (Wildman–Crippen MR) is 106 cm³/mol. The van der Waals surface area contributed by atoms with E-state index in [4.69, 9.17) is 4.42 Å². The zero-order valence-corrected chi connectivity index (χ0v) is 16.2. The number of benzene rings is 2. The maximum atomic E-state index is 13.0. The van der Waals surface area contributed by atoms with Gasteiger partial charge < -0.3 is 9.32 Å². The summed E-state index contributed by atoms with van der Waals surface area (Å²) in [6, 6.07) is 12.3. The maximum absolute atomic E-state index is 13.0. The van der Waals surface area contributed by atoms with Gasteiger partial charge in [0.15, 0.2) is 0 Å². The predicted octanol–water partition coefficient (Wildman–Crippen LogP) is 4.90. The van der Waals surface area contributed by atoms with E-state index in [9.17, 15) is 14.9 Å². The van der Waals surface area contributed by atoms with Crippen LogP contribution in [-0.4, -0.2) is 29.0 Å². The summed E-state index contributed by atoms with van der Waals surface area (Å²) in [6.45, 7) is 2.31. The van der Waals surface area contributed by atoms with Crippen molar-refractivity contribution >= 4 is 34.3 Å². The van der Waals surface area contributed by atoms with Crippen molar-refractivity contribution in [2.24, 2.45) is 0 Å². The second-order valence-electron chi connectivity index (χ2n) is 6.15. The molecule has 3 aromatic rings. The van der Waals surface area contributed by atoms with Gasteiger partial charge in [0, 0.05) is 41.9 Å². The second kappa shape index (κ2) is 7.84. The van der Waals surface area contributed by atoms with Gasteiger partial charge in [0.2, 0.25) is 0 Å². The lowest BCUT2D eigenvalue weighted by Crippen LogP contribution is -2.27. The Morgan fingerprint density at radius 3 is 2.67 bits per heavy atom. The molecule has 0 saturated carbocycles. The number of furan rings is 1. The highest BCUT2D eigenvalue weighted by Gasteiger charge is 2.25. The first kappa shape index (κ1) is 19.0. The number of para-hydroxylation sites is 1. The molecule has 0 unspecified atom stereocenters. The van der Waals surface area contributed by atoms with E-state index in [-0.39, 0.29) is 17.2 Å². The molecule has 0 spiro atoms. The third kappa shape index (κ3) is 3.68. The van der Waals surface area contributed by atoms with Crippen LogP contribution in [0.2, 0.25) is 0 Å². The third-order valence-electron chi connectivity index (χ3n) is 4.48. The molecule has 1 amide bonds. The first-order valence-electron chi connectivity index (χ1n) is 8.53. The van der Waals surface area contributed by atoms with E-state index in [1.54, 1.807) is 19.2 Å². The van der Waals surface area contributed by atoms with E-state index in [0.717, 1.165) is 27.2 Å². The zero-order valence-electron chi connectivity index (χ0n) is 15.4. The molecule has 0 N–H and O–H groups in total. The number of nitrogens with zero attached hydrogens (tertiary/aromatic N) is 2. The van der Waals surface area contributed by atoms with Gasteiger partial charge in [-0.2, -0.15) is 0 Å². The zero-order chi connectivity index (χ0) is 19.6. The minimum atomic E-state index is -0.518. The van der Waals surface area contributed by atoms with Crippen LogP contribution in [0.4, 0.5) is 5.69 Å². The van der Waals surface area contributed by atoms with Crippen LogP contribution in [0.5, 0.6) is 0 Å². The molecule has 1 heterocycles. The molecule has 0 fully saturated rings. The van der Waals surface area contributed by atoms with Crippen LogP contribution in [-0.2, 0) is 13.0 Å². The summed E-state index contributed by atoms with van der Waals surface area (Å²) in [6.07, 6.45) is 2.57. The Morgan fingerprint density at radius 1 is 1.26 bits per heavy atom. The van der Waals surface area contributed by atoms with Crippen LogP contribution in [0.3, 0.4) is 0 Å². The number of carbonyl (C=O) groups excluding carboxylic acids is 1. The Kier molecular flexibility index (Phi) is 5.51. The van der Waals surface area contributed by atoms with Crippen molar-refractivity contribution < 1.29 is 14.1 Å². The Bertz CT molecular complexity index is 1010. The topological polar surface area (TPSA) is 76.6 Å². The number of hydrogen-bond acceptors (Lipinski definition) is 5. The fraction of sp³-hybridized carbons (Fsp3) is 0.250. The standard InChI is InChI=1S/C20H20N2O4S/c1-4-18-16(14-7-5-6-8-19(14)26-18)12-21(2)20(23)15-11-13(27-3)9-10-17(15)22(24)25/h5-11H,4,12H2,1-3H3. The fourth-order valence-electron chi connectivity index (χ4n) is 3.10. The molecule has 2 aromatic carbocycles. The molecule has 0 saturated heterocycles. The van der Waals surface area contributed by atoms with Crippen molar-refractivity contribution in [2.45, 2.75) is 24.8 Å². The van der Waals surface area contributed by atoms with Crippen LogP contribution in [0.15, 0.2) is 51.8 Å². The molecular formula is C20H20N2O4S. The molecular weight excluding hydrogens is 364 g/mol. The van der Waals surface area contributed by atoms with Crippen LogP contribution in [0, 0.1) is 10.1 Å². The lowest BCUT2D eigenvalue weighted by molar-refractivity contribution is -0.385. The molecule has 0 bridgehead atoms. The summed E-state index contributed by atoms with van der Waals surface area (Å²) < 4.78 is 5.88. The minimum absolute atomic E-state index is 0.0974. The lowest BCUT2D eigenvalue weighted by Gasteiger charge is -2.18. The number of hydrogen-bond donors (Lipinski definition) is 0. The molecule has 27 heavy (non-hydrogen) atoms. The van der Waals surface area contributed by atoms with Crippen molar-refractivity contribution in [1.82, 2.24) is 4.90 Å². The summed E-state index contributed by atoms with van der Waals surface area (Å²) in [5, 5.41) is 12.3. The number of nitro benzene ring substituents is 1. The summed E-state index contributed by atoms with van der Waals surface area (Å²) in [5.41, 5.74) is 1.63. The molecule has 140 valence electrons. The van der Waals surface area contributed by atoms with Crippen molar-refractivity contribution in [3.05, 3.63) is 69.5 Å². The number of nitro groups is 1.